The van der Waals surface area contributed by atoms with Crippen LogP contribution in [-0.2, 0) is 16.0 Å². The largest absolute Gasteiger partial charge is 0.356 e. The molecule has 2 N–H and O–H groups in total. The first-order chi connectivity index (χ1) is 12.6. The molecule has 1 aliphatic rings. The summed E-state index contributed by atoms with van der Waals surface area (Å²) < 4.78 is 1.27. The predicted octanol–water partition coefficient (Wildman–Crippen LogP) is 3.43. The molecule has 2 amide bonds. The molecule has 5 nitrogen and oxygen atoms in total. The van der Waals surface area contributed by atoms with Crippen LogP contribution in [0.25, 0.3) is 10.2 Å². The lowest BCUT2D eigenvalue weighted by Gasteiger charge is -2.28. The highest BCUT2D eigenvalue weighted by molar-refractivity contribution is 7.18. The number of hydrogen-bond donors (Lipinski definition) is 2. The third-order valence-corrected chi connectivity index (χ3v) is 6.03. The molecule has 6 heteroatoms. The number of benzene rings is 1. The van der Waals surface area contributed by atoms with E-state index in [2.05, 4.69) is 28.8 Å². The molecule has 1 heterocycles. The molecule has 1 aromatic heterocycles. The van der Waals surface area contributed by atoms with Gasteiger partial charge in [-0.1, -0.05) is 12.1 Å². The minimum absolute atomic E-state index is 0.0446. The molecular formula is C20H27N3O2S. The maximum Gasteiger partial charge on any atom is 0.220 e. The predicted molar refractivity (Wildman–Crippen MR) is 105 cm³/mol. The lowest BCUT2D eigenvalue weighted by atomic mass is 9.84. The number of fused-ring (bicyclic) bond motifs is 1. The molecule has 0 aliphatic heterocycles. The van der Waals surface area contributed by atoms with Gasteiger partial charge < -0.3 is 10.6 Å². The van der Waals surface area contributed by atoms with Gasteiger partial charge in [0.05, 0.1) is 15.2 Å². The molecule has 26 heavy (non-hydrogen) atoms. The van der Waals surface area contributed by atoms with E-state index < -0.39 is 0 Å². The zero-order valence-corrected chi connectivity index (χ0v) is 16.1. The van der Waals surface area contributed by atoms with E-state index in [1.807, 2.05) is 6.07 Å². The van der Waals surface area contributed by atoms with Gasteiger partial charge in [0.1, 0.15) is 0 Å². The van der Waals surface area contributed by atoms with Crippen molar-refractivity contribution in [3.63, 3.8) is 0 Å². The third-order valence-electron chi connectivity index (χ3n) is 4.97. The topological polar surface area (TPSA) is 71.1 Å². The summed E-state index contributed by atoms with van der Waals surface area (Å²) in [6.07, 6.45) is 6.61. The standard InChI is InChI=1S/C20H27N3O2S/c1-14(24)21-12-4-7-19(25)22-16-10-8-15(9-11-16)13-20-23-17-5-2-3-6-18(17)26-20/h2-3,5-6,15-16H,4,7-13H2,1H3,(H,21,24)(H,22,25)/t15-,16-. The van der Waals surface area contributed by atoms with Gasteiger partial charge in [-0.3, -0.25) is 9.59 Å². The Morgan fingerprint density at radius 3 is 2.69 bits per heavy atom. The Hall–Kier alpha value is -1.95. The van der Waals surface area contributed by atoms with E-state index in [0.717, 1.165) is 37.6 Å². The van der Waals surface area contributed by atoms with Crippen LogP contribution < -0.4 is 10.6 Å². The summed E-state index contributed by atoms with van der Waals surface area (Å²) in [4.78, 5) is 27.5. The van der Waals surface area contributed by atoms with Gasteiger partial charge in [0.2, 0.25) is 11.8 Å². The summed E-state index contributed by atoms with van der Waals surface area (Å²) >= 11 is 1.80. The Balaban J connectivity index is 1.37. The van der Waals surface area contributed by atoms with Gasteiger partial charge >= 0.3 is 0 Å². The van der Waals surface area contributed by atoms with Gasteiger partial charge in [0, 0.05) is 32.4 Å². The number of nitrogens with one attached hydrogen (secondary N) is 2. The van der Waals surface area contributed by atoms with Crippen molar-refractivity contribution in [3.8, 4) is 0 Å². The number of para-hydroxylation sites is 1. The fourth-order valence-corrected chi connectivity index (χ4v) is 4.66. The fraction of sp³-hybridized carbons (Fsp3) is 0.550. The van der Waals surface area contributed by atoms with Crippen molar-refractivity contribution < 1.29 is 9.59 Å². The van der Waals surface area contributed by atoms with Crippen molar-refractivity contribution in [2.45, 2.75) is 57.9 Å². The Labute approximate surface area is 158 Å². The normalized spacial score (nSPS) is 20.0. The van der Waals surface area contributed by atoms with Crippen LogP contribution in [0.4, 0.5) is 0 Å². The first kappa shape index (κ1) is 18.8. The molecule has 0 spiro atoms. The zero-order valence-electron chi connectivity index (χ0n) is 15.3. The Kier molecular flexibility index (Phi) is 6.61. The number of carbonyl (C=O) groups is 2. The van der Waals surface area contributed by atoms with E-state index in [0.29, 0.717) is 31.3 Å². The molecule has 0 unspecified atom stereocenters. The zero-order chi connectivity index (χ0) is 18.4. The molecule has 0 saturated heterocycles. The van der Waals surface area contributed by atoms with Gasteiger partial charge in [0.25, 0.3) is 0 Å². The summed E-state index contributed by atoms with van der Waals surface area (Å²) in [5.74, 6) is 0.727. The van der Waals surface area contributed by atoms with Crippen molar-refractivity contribution in [1.29, 1.82) is 0 Å². The van der Waals surface area contributed by atoms with Crippen LogP contribution >= 0.6 is 11.3 Å². The lowest BCUT2D eigenvalue weighted by Crippen LogP contribution is -2.38. The fourth-order valence-electron chi connectivity index (χ4n) is 3.58. The van der Waals surface area contributed by atoms with Gasteiger partial charge in [0.15, 0.2) is 0 Å². The number of amides is 2. The number of rotatable bonds is 7. The van der Waals surface area contributed by atoms with Crippen molar-refractivity contribution in [1.82, 2.24) is 15.6 Å². The van der Waals surface area contributed by atoms with Gasteiger partial charge in [-0.05, 0) is 50.2 Å². The molecule has 1 aliphatic carbocycles. The minimum Gasteiger partial charge on any atom is -0.356 e. The first-order valence-corrected chi connectivity index (χ1v) is 10.3. The average Bonchev–Trinajstić information content (AvgIpc) is 3.02. The summed E-state index contributed by atoms with van der Waals surface area (Å²) in [5, 5.41) is 7.10. The lowest BCUT2D eigenvalue weighted by molar-refractivity contribution is -0.123. The van der Waals surface area contributed by atoms with E-state index in [4.69, 9.17) is 4.98 Å². The average molecular weight is 374 g/mol. The number of thiazole rings is 1. The highest BCUT2D eigenvalue weighted by Crippen LogP contribution is 2.30. The van der Waals surface area contributed by atoms with E-state index in [1.165, 1.54) is 16.6 Å². The van der Waals surface area contributed by atoms with Crippen LogP contribution in [0.1, 0.15) is 50.5 Å². The minimum atomic E-state index is -0.0446. The van der Waals surface area contributed by atoms with Crippen molar-refractivity contribution in [2.24, 2.45) is 5.92 Å². The molecule has 0 bridgehead atoms. The van der Waals surface area contributed by atoms with Crippen molar-refractivity contribution >= 4 is 33.4 Å². The summed E-state index contributed by atoms with van der Waals surface area (Å²) in [6, 6.07) is 8.61. The van der Waals surface area contributed by atoms with Crippen LogP contribution in [0, 0.1) is 5.92 Å². The van der Waals surface area contributed by atoms with Crippen LogP contribution in [-0.4, -0.2) is 29.4 Å². The molecule has 1 aromatic carbocycles. The smallest absolute Gasteiger partial charge is 0.220 e. The molecule has 1 saturated carbocycles. The Morgan fingerprint density at radius 2 is 1.96 bits per heavy atom. The number of nitrogens with zero attached hydrogens (tertiary/aromatic N) is 1. The third kappa shape index (κ3) is 5.53. The molecule has 2 aromatic rings. The van der Waals surface area contributed by atoms with Crippen molar-refractivity contribution in [3.05, 3.63) is 29.3 Å². The van der Waals surface area contributed by atoms with Gasteiger partial charge in [-0.15, -0.1) is 11.3 Å². The van der Waals surface area contributed by atoms with Crippen LogP contribution in [0.2, 0.25) is 0 Å². The van der Waals surface area contributed by atoms with Crippen molar-refractivity contribution in [2.75, 3.05) is 6.54 Å². The molecule has 0 radical (unpaired) electrons. The van der Waals surface area contributed by atoms with Crippen LogP contribution in [0.15, 0.2) is 24.3 Å². The highest BCUT2D eigenvalue weighted by atomic mass is 32.1. The SMILES string of the molecule is CC(=O)NCCCC(=O)N[C@H]1CC[C@H](Cc2nc3ccccc3s2)CC1. The molecular weight excluding hydrogens is 346 g/mol. The second-order valence-corrected chi connectivity index (χ2v) is 8.27. The summed E-state index contributed by atoms with van der Waals surface area (Å²) in [7, 11) is 0. The van der Waals surface area contributed by atoms with Gasteiger partial charge in [-0.25, -0.2) is 4.98 Å². The summed E-state index contributed by atoms with van der Waals surface area (Å²) in [6.45, 7) is 2.06. The second kappa shape index (κ2) is 9.12. The Bertz CT molecular complexity index is 717. The molecule has 3 rings (SSSR count). The second-order valence-electron chi connectivity index (χ2n) is 7.15. The van der Waals surface area contributed by atoms with Crippen LogP contribution in [0.3, 0.4) is 0 Å². The van der Waals surface area contributed by atoms with E-state index in [-0.39, 0.29) is 11.8 Å². The van der Waals surface area contributed by atoms with Crippen LogP contribution in [0.5, 0.6) is 0 Å². The van der Waals surface area contributed by atoms with E-state index in [9.17, 15) is 9.59 Å². The number of aromatic nitrogens is 1. The van der Waals surface area contributed by atoms with E-state index in [1.54, 1.807) is 11.3 Å². The molecule has 1 fully saturated rings. The number of carbonyl (C=O) groups excluding carboxylic acids is 2. The quantitative estimate of drug-likeness (QED) is 0.731. The summed E-state index contributed by atoms with van der Waals surface area (Å²) in [5.41, 5.74) is 1.10. The van der Waals surface area contributed by atoms with E-state index >= 15 is 0 Å². The molecule has 0 atom stereocenters. The van der Waals surface area contributed by atoms with Gasteiger partial charge in [-0.2, -0.15) is 0 Å². The first-order valence-electron chi connectivity index (χ1n) is 9.48. The number of hydrogen-bond acceptors (Lipinski definition) is 4. The maximum absolute atomic E-state index is 12.0. The Morgan fingerprint density at radius 1 is 1.19 bits per heavy atom. The maximum atomic E-state index is 12.0. The highest BCUT2D eigenvalue weighted by Gasteiger charge is 2.23. The molecule has 140 valence electrons. The monoisotopic (exact) mass is 373 g/mol.